The van der Waals surface area contributed by atoms with E-state index in [0.29, 0.717) is 28.3 Å². The molecule has 3 aromatic heterocycles. The Hall–Kier alpha value is -3.94. The van der Waals surface area contributed by atoms with Crippen LogP contribution >= 0.6 is 0 Å². The number of carbonyl (C=O) groups excluding carboxylic acids is 1. The van der Waals surface area contributed by atoms with Gasteiger partial charge < -0.3 is 15.7 Å². The van der Waals surface area contributed by atoms with Gasteiger partial charge in [0.2, 0.25) is 5.95 Å². The zero-order valence-corrected chi connectivity index (χ0v) is 16.9. The van der Waals surface area contributed by atoms with Crippen molar-refractivity contribution in [2.24, 2.45) is 0 Å². The molecule has 4 rings (SSSR count). The largest absolute Gasteiger partial charge is 0.618 e. The van der Waals surface area contributed by atoms with Crippen molar-refractivity contribution in [3.63, 3.8) is 0 Å². The Morgan fingerprint density at radius 1 is 1.13 bits per heavy atom. The van der Waals surface area contributed by atoms with Crippen molar-refractivity contribution in [3.05, 3.63) is 71.0 Å². The lowest BCUT2D eigenvalue weighted by molar-refractivity contribution is -0.619. The van der Waals surface area contributed by atoms with Gasteiger partial charge in [0.15, 0.2) is 22.7 Å². The summed E-state index contributed by atoms with van der Waals surface area (Å²) in [5, 5.41) is 12.2. The quantitative estimate of drug-likeness (QED) is 0.319. The molecule has 152 valence electrons. The van der Waals surface area contributed by atoms with Crippen molar-refractivity contribution in [1.82, 2.24) is 14.4 Å². The fourth-order valence-corrected chi connectivity index (χ4v) is 3.47. The number of anilines is 1. The highest BCUT2D eigenvalue weighted by atomic mass is 16.5. The molecule has 3 heterocycles. The SMILES string of the molecule is CCOC(=O)c1cn2c(N)nc(-c3ccccc3)c(-c3cc(C)[n+]([O-])c(C)c3)c2n1. The molecule has 2 N–H and O–H groups in total. The normalized spacial score (nSPS) is 11.0. The molecular formula is C22H21N5O3. The minimum Gasteiger partial charge on any atom is -0.618 e. The lowest BCUT2D eigenvalue weighted by Crippen LogP contribution is -2.33. The molecule has 0 bridgehead atoms. The smallest absolute Gasteiger partial charge is 0.358 e. The first kappa shape index (κ1) is 19.4. The highest BCUT2D eigenvalue weighted by Gasteiger charge is 2.23. The minimum atomic E-state index is -0.536. The summed E-state index contributed by atoms with van der Waals surface area (Å²) in [5.74, 6) is -0.343. The lowest BCUT2D eigenvalue weighted by atomic mass is 9.99. The first-order valence-electron chi connectivity index (χ1n) is 9.53. The molecule has 8 heteroatoms. The average Bonchev–Trinajstić information content (AvgIpc) is 3.18. The van der Waals surface area contributed by atoms with Crippen molar-refractivity contribution < 1.29 is 14.3 Å². The highest BCUT2D eigenvalue weighted by molar-refractivity contribution is 5.94. The van der Waals surface area contributed by atoms with Crippen molar-refractivity contribution in [1.29, 1.82) is 0 Å². The Kier molecular flexibility index (Phi) is 4.83. The molecule has 0 unspecified atom stereocenters. The van der Waals surface area contributed by atoms with Gasteiger partial charge in [0.25, 0.3) is 0 Å². The van der Waals surface area contributed by atoms with Crippen LogP contribution in [0.3, 0.4) is 0 Å². The number of nitrogen functional groups attached to an aromatic ring is 1. The molecule has 0 spiro atoms. The number of benzene rings is 1. The van der Waals surface area contributed by atoms with Gasteiger partial charge in [-0.3, -0.25) is 4.40 Å². The van der Waals surface area contributed by atoms with E-state index >= 15 is 0 Å². The van der Waals surface area contributed by atoms with Crippen molar-refractivity contribution >= 4 is 17.6 Å². The zero-order chi connectivity index (χ0) is 21.4. The van der Waals surface area contributed by atoms with Crippen molar-refractivity contribution in [2.75, 3.05) is 12.3 Å². The first-order chi connectivity index (χ1) is 14.4. The number of imidazole rings is 1. The maximum atomic E-state index is 12.3. The van der Waals surface area contributed by atoms with Gasteiger partial charge >= 0.3 is 5.97 Å². The molecule has 0 fully saturated rings. The van der Waals surface area contributed by atoms with E-state index in [1.807, 2.05) is 30.3 Å². The second-order valence-corrected chi connectivity index (χ2v) is 6.92. The number of rotatable bonds is 4. The van der Waals surface area contributed by atoms with E-state index in [-0.39, 0.29) is 18.2 Å². The molecule has 0 aliphatic carbocycles. The van der Waals surface area contributed by atoms with E-state index in [1.54, 1.807) is 37.3 Å². The zero-order valence-electron chi connectivity index (χ0n) is 16.9. The van der Waals surface area contributed by atoms with Gasteiger partial charge in [-0.15, -0.1) is 0 Å². The van der Waals surface area contributed by atoms with E-state index in [0.717, 1.165) is 15.9 Å². The van der Waals surface area contributed by atoms with Crippen LogP contribution in [0.1, 0.15) is 28.8 Å². The average molecular weight is 403 g/mol. The summed E-state index contributed by atoms with van der Waals surface area (Å²) in [6.07, 6.45) is 1.52. The van der Waals surface area contributed by atoms with E-state index in [1.165, 1.54) is 6.20 Å². The molecule has 0 saturated heterocycles. The van der Waals surface area contributed by atoms with E-state index < -0.39 is 5.97 Å². The van der Waals surface area contributed by atoms with Crippen LogP contribution in [-0.2, 0) is 4.74 Å². The Bertz CT molecular complexity index is 1240. The molecule has 1 aromatic carbocycles. The van der Waals surface area contributed by atoms with E-state index in [4.69, 9.17) is 10.5 Å². The summed E-state index contributed by atoms with van der Waals surface area (Å²) in [6, 6.07) is 13.1. The Balaban J connectivity index is 2.08. The molecule has 4 aromatic rings. The molecule has 30 heavy (non-hydrogen) atoms. The van der Waals surface area contributed by atoms with Gasteiger partial charge in [-0.1, -0.05) is 30.3 Å². The third-order valence-corrected chi connectivity index (χ3v) is 4.83. The second kappa shape index (κ2) is 7.47. The first-order valence-corrected chi connectivity index (χ1v) is 9.53. The van der Waals surface area contributed by atoms with E-state index in [9.17, 15) is 10.0 Å². The van der Waals surface area contributed by atoms with Gasteiger partial charge in [0.1, 0.15) is 0 Å². The predicted octanol–water partition coefficient (Wildman–Crippen LogP) is 3.07. The number of pyridine rings is 1. The highest BCUT2D eigenvalue weighted by Crippen LogP contribution is 2.35. The topological polar surface area (TPSA) is 109 Å². The summed E-state index contributed by atoms with van der Waals surface area (Å²) in [4.78, 5) is 21.4. The fourth-order valence-electron chi connectivity index (χ4n) is 3.47. The number of aryl methyl sites for hydroxylation is 2. The number of ether oxygens (including phenoxy) is 1. The number of hydrogen-bond acceptors (Lipinski definition) is 6. The number of aromatic nitrogens is 4. The van der Waals surface area contributed by atoms with Gasteiger partial charge in [-0.05, 0) is 6.92 Å². The molecule has 0 aliphatic rings. The van der Waals surface area contributed by atoms with Gasteiger partial charge in [-0.25, -0.2) is 14.8 Å². The molecule has 0 saturated carbocycles. The molecule has 0 radical (unpaired) electrons. The maximum Gasteiger partial charge on any atom is 0.358 e. The number of hydrogen-bond donors (Lipinski definition) is 1. The summed E-state index contributed by atoms with van der Waals surface area (Å²) < 4.78 is 7.52. The Morgan fingerprint density at radius 2 is 1.80 bits per heavy atom. The van der Waals surface area contributed by atoms with Crippen LogP contribution in [0.25, 0.3) is 28.0 Å². The van der Waals surface area contributed by atoms with Crippen LogP contribution in [0.4, 0.5) is 5.95 Å². The molecular weight excluding hydrogens is 382 g/mol. The van der Waals surface area contributed by atoms with Crippen LogP contribution in [-0.4, -0.2) is 26.9 Å². The summed E-state index contributed by atoms with van der Waals surface area (Å²) >= 11 is 0. The van der Waals surface area contributed by atoms with Crippen molar-refractivity contribution in [3.8, 4) is 22.4 Å². The minimum absolute atomic E-state index is 0.139. The van der Waals surface area contributed by atoms with Crippen LogP contribution in [0, 0.1) is 19.1 Å². The monoisotopic (exact) mass is 403 g/mol. The third kappa shape index (κ3) is 3.22. The van der Waals surface area contributed by atoms with Gasteiger partial charge in [0, 0.05) is 43.3 Å². The van der Waals surface area contributed by atoms with Crippen LogP contribution < -0.4 is 10.5 Å². The number of esters is 1. The van der Waals surface area contributed by atoms with Gasteiger partial charge in [-0.2, -0.15) is 4.73 Å². The number of fused-ring (bicyclic) bond motifs is 1. The number of nitrogens with zero attached hydrogens (tertiary/aromatic N) is 4. The van der Waals surface area contributed by atoms with Crippen LogP contribution in [0.2, 0.25) is 0 Å². The molecule has 8 nitrogen and oxygen atoms in total. The van der Waals surface area contributed by atoms with Crippen LogP contribution in [0.15, 0.2) is 48.7 Å². The van der Waals surface area contributed by atoms with Crippen molar-refractivity contribution in [2.45, 2.75) is 20.8 Å². The summed E-state index contributed by atoms with van der Waals surface area (Å²) in [6.45, 7) is 5.45. The standard InChI is InChI=1S/C22H21N5O3/c1-4-30-21(28)17-12-26-20(24-17)18(16-10-13(2)27(29)14(3)11-16)19(25-22(26)23)15-8-6-5-7-9-15/h5-12H,4H2,1-3H3,(H2,23,25). The molecule has 0 atom stereocenters. The fraction of sp³-hybridized carbons (Fsp3) is 0.182. The Labute approximate surface area is 173 Å². The number of nitrogens with two attached hydrogens (primary N) is 1. The summed E-state index contributed by atoms with van der Waals surface area (Å²) in [5.41, 5.74) is 10.8. The molecule has 0 amide bonds. The van der Waals surface area contributed by atoms with Gasteiger partial charge in [0.05, 0.1) is 17.9 Å². The number of carbonyl (C=O) groups is 1. The Morgan fingerprint density at radius 3 is 2.43 bits per heavy atom. The molecule has 0 aliphatic heterocycles. The summed E-state index contributed by atoms with van der Waals surface area (Å²) in [7, 11) is 0. The maximum absolute atomic E-state index is 12.3. The van der Waals surface area contributed by atoms with Crippen LogP contribution in [0.5, 0.6) is 0 Å². The predicted molar refractivity (Wildman–Crippen MR) is 113 cm³/mol. The van der Waals surface area contributed by atoms with E-state index in [2.05, 4.69) is 9.97 Å². The second-order valence-electron chi connectivity index (χ2n) is 6.92. The lowest BCUT2D eigenvalue weighted by Gasteiger charge is -2.14. The third-order valence-electron chi connectivity index (χ3n) is 4.83.